The third kappa shape index (κ3) is 4.09. The molecule has 0 unspecified atom stereocenters. The van der Waals surface area contributed by atoms with Gasteiger partial charge in [0.05, 0.1) is 11.4 Å². The van der Waals surface area contributed by atoms with Gasteiger partial charge in [0.15, 0.2) is 0 Å². The maximum absolute atomic E-state index is 12.9. The molecule has 3 rings (SSSR count). The molecule has 6 nitrogen and oxygen atoms in total. The van der Waals surface area contributed by atoms with Crippen LogP contribution in [0.2, 0.25) is 0 Å². The Morgan fingerprint density at radius 2 is 2.00 bits per heavy atom. The highest BCUT2D eigenvalue weighted by atomic mass is 32.1. The summed E-state index contributed by atoms with van der Waals surface area (Å²) >= 11 is 1.39. The Morgan fingerprint density at radius 3 is 2.64 bits per heavy atom. The molecule has 1 fully saturated rings. The highest BCUT2D eigenvalue weighted by Crippen LogP contribution is 2.30. The van der Waals surface area contributed by atoms with Gasteiger partial charge in [-0.25, -0.2) is 4.98 Å². The van der Waals surface area contributed by atoms with Crippen molar-refractivity contribution in [3.63, 3.8) is 0 Å². The summed E-state index contributed by atoms with van der Waals surface area (Å²) in [5.41, 5.74) is 9.14. The molecule has 28 heavy (non-hydrogen) atoms. The van der Waals surface area contributed by atoms with Gasteiger partial charge in [-0.1, -0.05) is 18.7 Å². The number of nitrogens with zero attached hydrogens (tertiary/aromatic N) is 4. The third-order valence-electron chi connectivity index (χ3n) is 4.95. The number of nitrogens with two attached hydrogens (primary N) is 1. The van der Waals surface area contributed by atoms with Crippen LogP contribution < -0.4 is 5.73 Å². The maximum Gasteiger partial charge on any atom is 0.270 e. The molecule has 2 N–H and O–H groups in total. The number of carbonyl (C=O) groups is 1. The van der Waals surface area contributed by atoms with E-state index in [9.17, 15) is 4.79 Å². The predicted octanol–water partition coefficient (Wildman–Crippen LogP) is 3.21. The lowest BCUT2D eigenvalue weighted by Gasteiger charge is -2.26. The van der Waals surface area contributed by atoms with Crippen LogP contribution in [0.15, 0.2) is 47.4 Å². The Labute approximate surface area is 170 Å². The minimum absolute atomic E-state index is 0.0791. The van der Waals surface area contributed by atoms with E-state index in [-0.39, 0.29) is 5.91 Å². The first-order chi connectivity index (χ1) is 13.6. The smallest absolute Gasteiger partial charge is 0.270 e. The number of aromatic nitrogens is 1. The lowest BCUT2D eigenvalue weighted by Crippen LogP contribution is -2.37. The van der Waals surface area contributed by atoms with Crippen molar-refractivity contribution in [2.75, 3.05) is 26.7 Å². The van der Waals surface area contributed by atoms with E-state index in [2.05, 4.69) is 40.5 Å². The fourth-order valence-corrected chi connectivity index (χ4v) is 4.48. The molecule has 1 saturated heterocycles. The third-order valence-corrected chi connectivity index (χ3v) is 6.11. The standard InChI is InChI=1S/C21H27N5OS/c1-4-16(25-10-5-6-11-25)8-7-15(2)20-24-18-9-12-26(17(13-22)14-23-3)21(27)19(18)28-20/h4,7-8,13-14H,2,5-6,9-12,22H2,1,3H3/b8-7-,16-4+,17-13+,23-14?. The Balaban J connectivity index is 1.77. The van der Waals surface area contributed by atoms with Gasteiger partial charge in [-0.3, -0.25) is 9.79 Å². The number of rotatable bonds is 6. The molecule has 0 aromatic carbocycles. The molecule has 7 heteroatoms. The molecule has 3 heterocycles. The number of likely N-dealkylation sites (tertiary alicyclic amines) is 1. The highest BCUT2D eigenvalue weighted by Gasteiger charge is 2.30. The van der Waals surface area contributed by atoms with Crippen molar-refractivity contribution in [1.29, 1.82) is 0 Å². The summed E-state index contributed by atoms with van der Waals surface area (Å²) in [5.74, 6) is -0.0791. The van der Waals surface area contributed by atoms with E-state index in [1.807, 2.05) is 6.08 Å². The van der Waals surface area contributed by atoms with E-state index in [1.54, 1.807) is 18.2 Å². The minimum atomic E-state index is -0.0791. The summed E-state index contributed by atoms with van der Waals surface area (Å²) in [4.78, 5) is 26.2. The lowest BCUT2D eigenvalue weighted by atomic mass is 10.1. The van der Waals surface area contributed by atoms with Gasteiger partial charge in [-0.2, -0.15) is 0 Å². The van der Waals surface area contributed by atoms with Gasteiger partial charge >= 0.3 is 0 Å². The lowest BCUT2D eigenvalue weighted by molar-refractivity contribution is 0.0805. The molecule has 0 radical (unpaired) electrons. The van der Waals surface area contributed by atoms with Gasteiger partial charge in [-0.05, 0) is 25.8 Å². The summed E-state index contributed by atoms with van der Waals surface area (Å²) < 4.78 is 0. The summed E-state index contributed by atoms with van der Waals surface area (Å²) in [5, 5.41) is 0.788. The molecule has 2 aliphatic heterocycles. The maximum atomic E-state index is 12.9. The minimum Gasteiger partial charge on any atom is -0.403 e. The average Bonchev–Trinajstić information content (AvgIpc) is 3.37. The topological polar surface area (TPSA) is 74.8 Å². The Morgan fingerprint density at radius 1 is 1.25 bits per heavy atom. The number of amides is 1. The zero-order valence-corrected chi connectivity index (χ0v) is 17.3. The van der Waals surface area contributed by atoms with Crippen LogP contribution in [-0.4, -0.2) is 53.6 Å². The van der Waals surface area contributed by atoms with E-state index in [4.69, 9.17) is 5.73 Å². The summed E-state index contributed by atoms with van der Waals surface area (Å²) in [6.07, 6.45) is 12.4. The zero-order valence-electron chi connectivity index (χ0n) is 16.5. The van der Waals surface area contributed by atoms with Crippen LogP contribution in [0, 0.1) is 0 Å². The van der Waals surface area contributed by atoms with Crippen molar-refractivity contribution in [3.05, 3.63) is 58.0 Å². The monoisotopic (exact) mass is 397 g/mol. The first-order valence-electron chi connectivity index (χ1n) is 9.53. The highest BCUT2D eigenvalue weighted by molar-refractivity contribution is 7.15. The summed E-state index contributed by atoms with van der Waals surface area (Å²) in [7, 11) is 1.66. The summed E-state index contributed by atoms with van der Waals surface area (Å²) in [6.45, 7) is 8.97. The number of carbonyl (C=O) groups excluding carboxylic acids is 1. The van der Waals surface area contributed by atoms with Crippen molar-refractivity contribution in [2.45, 2.75) is 26.2 Å². The van der Waals surface area contributed by atoms with E-state index in [1.165, 1.54) is 36.1 Å². The second kappa shape index (κ2) is 9.01. The molecule has 0 atom stereocenters. The van der Waals surface area contributed by atoms with E-state index in [0.717, 1.165) is 29.4 Å². The number of thiazole rings is 1. The van der Waals surface area contributed by atoms with Crippen molar-refractivity contribution >= 4 is 29.0 Å². The van der Waals surface area contributed by atoms with Gasteiger partial charge in [0.1, 0.15) is 9.88 Å². The van der Waals surface area contributed by atoms with Crippen LogP contribution in [0.25, 0.3) is 5.57 Å². The molecular formula is C21H27N5OS. The fraction of sp³-hybridized carbons (Fsp3) is 0.381. The van der Waals surface area contributed by atoms with Gasteiger partial charge < -0.3 is 15.5 Å². The van der Waals surface area contributed by atoms with Crippen LogP contribution in [0.4, 0.5) is 0 Å². The predicted molar refractivity (Wildman–Crippen MR) is 116 cm³/mol. The zero-order chi connectivity index (χ0) is 20.1. The Bertz CT molecular complexity index is 871. The van der Waals surface area contributed by atoms with Crippen LogP contribution >= 0.6 is 11.3 Å². The average molecular weight is 398 g/mol. The number of aliphatic imine (C=N–C) groups is 1. The SMILES string of the molecule is C=C(/C=C\C(=C/C)N1CCCC1)c1nc2c(s1)C(=O)N(/C(C=NC)=C/N)CC2. The molecule has 0 aliphatic carbocycles. The summed E-state index contributed by atoms with van der Waals surface area (Å²) in [6, 6.07) is 0. The largest absolute Gasteiger partial charge is 0.403 e. The molecule has 2 aliphatic rings. The number of fused-ring (bicyclic) bond motifs is 1. The molecule has 1 aromatic rings. The number of hydrogen-bond acceptors (Lipinski definition) is 6. The quantitative estimate of drug-likeness (QED) is 0.591. The van der Waals surface area contributed by atoms with E-state index in [0.29, 0.717) is 23.5 Å². The van der Waals surface area contributed by atoms with Crippen molar-refractivity contribution < 1.29 is 4.79 Å². The molecule has 0 spiro atoms. The van der Waals surface area contributed by atoms with Crippen molar-refractivity contribution in [2.24, 2.45) is 10.7 Å². The molecule has 1 aromatic heterocycles. The van der Waals surface area contributed by atoms with E-state index < -0.39 is 0 Å². The Hall–Kier alpha value is -2.67. The second-order valence-corrected chi connectivity index (χ2v) is 7.75. The van der Waals surface area contributed by atoms with Gasteiger partial charge in [0, 0.05) is 56.8 Å². The fourth-order valence-electron chi connectivity index (χ4n) is 3.47. The molecular weight excluding hydrogens is 370 g/mol. The molecule has 0 bridgehead atoms. The van der Waals surface area contributed by atoms with Gasteiger partial charge in [0.2, 0.25) is 0 Å². The molecule has 1 amide bonds. The normalized spacial score (nSPS) is 18.6. The number of hydrogen-bond donors (Lipinski definition) is 1. The first-order valence-corrected chi connectivity index (χ1v) is 10.3. The van der Waals surface area contributed by atoms with Gasteiger partial charge in [0.25, 0.3) is 5.91 Å². The van der Waals surface area contributed by atoms with Crippen LogP contribution in [0.1, 0.15) is 40.1 Å². The van der Waals surface area contributed by atoms with Crippen molar-refractivity contribution in [1.82, 2.24) is 14.8 Å². The number of allylic oxidation sites excluding steroid dienone is 5. The van der Waals surface area contributed by atoms with Crippen LogP contribution in [0.3, 0.4) is 0 Å². The van der Waals surface area contributed by atoms with Crippen LogP contribution in [-0.2, 0) is 6.42 Å². The van der Waals surface area contributed by atoms with E-state index >= 15 is 0 Å². The molecule has 0 saturated carbocycles. The van der Waals surface area contributed by atoms with Crippen molar-refractivity contribution in [3.8, 4) is 0 Å². The molecule has 148 valence electrons. The van der Waals surface area contributed by atoms with Gasteiger partial charge in [-0.15, -0.1) is 11.3 Å². The first kappa shape index (κ1) is 20.1. The second-order valence-electron chi connectivity index (χ2n) is 6.75. The van der Waals surface area contributed by atoms with Crippen LogP contribution in [0.5, 0.6) is 0 Å². The Kier molecular flexibility index (Phi) is 6.46.